The molecule has 0 saturated carbocycles. The van der Waals surface area contributed by atoms with Crippen LogP contribution in [0.2, 0.25) is 5.02 Å². The van der Waals surface area contributed by atoms with Crippen LogP contribution in [-0.2, 0) is 14.8 Å². The SMILES string of the molecule is Cc1cc(S(=O)(=O)N2CCC[C@@H](C(=O)O)C2)ccc1Cl. The van der Waals surface area contributed by atoms with Crippen molar-refractivity contribution in [1.82, 2.24) is 4.31 Å². The Morgan fingerprint density at radius 2 is 2.15 bits per heavy atom. The molecule has 0 aromatic heterocycles. The third-order valence-electron chi connectivity index (χ3n) is 3.50. The first-order valence-corrected chi connectivity index (χ1v) is 8.13. The second-order valence-electron chi connectivity index (χ2n) is 4.95. The van der Waals surface area contributed by atoms with Crippen LogP contribution in [0.3, 0.4) is 0 Å². The van der Waals surface area contributed by atoms with Crippen molar-refractivity contribution >= 4 is 27.6 Å². The van der Waals surface area contributed by atoms with Gasteiger partial charge < -0.3 is 5.11 Å². The number of aliphatic carboxylic acids is 1. The van der Waals surface area contributed by atoms with Crippen LogP contribution in [0.1, 0.15) is 18.4 Å². The fraction of sp³-hybridized carbons (Fsp3) is 0.462. The Bertz CT molecular complexity index is 629. The molecule has 1 aliphatic rings. The molecule has 1 N–H and O–H groups in total. The topological polar surface area (TPSA) is 74.7 Å². The van der Waals surface area contributed by atoms with Crippen LogP contribution in [0.25, 0.3) is 0 Å². The second-order valence-corrected chi connectivity index (χ2v) is 7.30. The molecule has 0 unspecified atom stereocenters. The largest absolute Gasteiger partial charge is 0.481 e. The lowest BCUT2D eigenvalue weighted by Crippen LogP contribution is -2.42. The molecular weight excluding hydrogens is 302 g/mol. The summed E-state index contributed by atoms with van der Waals surface area (Å²) in [5, 5.41) is 9.54. The van der Waals surface area contributed by atoms with Gasteiger partial charge in [0.15, 0.2) is 0 Å². The van der Waals surface area contributed by atoms with Crippen LogP contribution in [-0.4, -0.2) is 36.9 Å². The van der Waals surface area contributed by atoms with Gasteiger partial charge in [-0.2, -0.15) is 4.31 Å². The highest BCUT2D eigenvalue weighted by Crippen LogP contribution is 2.26. The van der Waals surface area contributed by atoms with E-state index >= 15 is 0 Å². The Kier molecular flexibility index (Phi) is 4.36. The fourth-order valence-electron chi connectivity index (χ4n) is 2.29. The van der Waals surface area contributed by atoms with E-state index in [0.717, 1.165) is 0 Å². The Morgan fingerprint density at radius 1 is 1.45 bits per heavy atom. The lowest BCUT2D eigenvalue weighted by Gasteiger charge is -2.29. The lowest BCUT2D eigenvalue weighted by atomic mass is 10.0. The molecule has 0 aliphatic carbocycles. The van der Waals surface area contributed by atoms with Gasteiger partial charge in [-0.3, -0.25) is 4.79 Å². The average molecular weight is 318 g/mol. The predicted molar refractivity (Wildman–Crippen MR) is 75.3 cm³/mol. The normalized spacial score (nSPS) is 20.8. The molecule has 0 amide bonds. The van der Waals surface area contributed by atoms with E-state index in [2.05, 4.69) is 0 Å². The van der Waals surface area contributed by atoms with Crippen molar-refractivity contribution in [3.63, 3.8) is 0 Å². The van der Waals surface area contributed by atoms with E-state index in [1.54, 1.807) is 13.0 Å². The molecule has 1 heterocycles. The van der Waals surface area contributed by atoms with Crippen molar-refractivity contribution < 1.29 is 18.3 Å². The van der Waals surface area contributed by atoms with Crippen LogP contribution >= 0.6 is 11.6 Å². The monoisotopic (exact) mass is 317 g/mol. The molecule has 20 heavy (non-hydrogen) atoms. The highest BCUT2D eigenvalue weighted by atomic mass is 35.5. The lowest BCUT2D eigenvalue weighted by molar-refractivity contribution is -0.142. The molecule has 1 aliphatic heterocycles. The van der Waals surface area contributed by atoms with Crippen molar-refractivity contribution in [2.75, 3.05) is 13.1 Å². The first-order chi connectivity index (χ1) is 9.32. The molecule has 1 aromatic rings. The maximum absolute atomic E-state index is 12.5. The number of carboxylic acids is 1. The molecule has 1 aromatic carbocycles. The summed E-state index contributed by atoms with van der Waals surface area (Å²) in [6.45, 7) is 2.12. The number of benzene rings is 1. The van der Waals surface area contributed by atoms with Crippen molar-refractivity contribution in [3.05, 3.63) is 28.8 Å². The standard InChI is InChI=1S/C13H16ClNO4S/c1-9-7-11(4-5-12(9)14)20(18,19)15-6-2-3-10(8-15)13(16)17/h4-5,7,10H,2-3,6,8H2,1H3,(H,16,17)/t10-/m1/s1. The maximum Gasteiger partial charge on any atom is 0.307 e. The Labute approximate surface area is 123 Å². The third kappa shape index (κ3) is 2.97. The summed E-state index contributed by atoms with van der Waals surface area (Å²) in [7, 11) is -3.66. The summed E-state index contributed by atoms with van der Waals surface area (Å²) in [5.41, 5.74) is 0.680. The number of carbonyl (C=O) groups is 1. The molecule has 0 radical (unpaired) electrons. The van der Waals surface area contributed by atoms with Gasteiger partial charge >= 0.3 is 5.97 Å². The van der Waals surface area contributed by atoms with Crippen LogP contribution in [0.5, 0.6) is 0 Å². The minimum absolute atomic E-state index is 0.0271. The molecule has 0 bridgehead atoms. The molecular formula is C13H16ClNO4S. The first kappa shape index (κ1) is 15.3. The van der Waals surface area contributed by atoms with Gasteiger partial charge in [0.1, 0.15) is 0 Å². The zero-order chi connectivity index (χ0) is 14.9. The van der Waals surface area contributed by atoms with Crippen molar-refractivity contribution in [2.24, 2.45) is 5.92 Å². The number of nitrogens with zero attached hydrogens (tertiary/aromatic N) is 1. The Morgan fingerprint density at radius 3 is 2.75 bits per heavy atom. The highest BCUT2D eigenvalue weighted by molar-refractivity contribution is 7.89. The van der Waals surface area contributed by atoms with E-state index in [-0.39, 0.29) is 11.4 Å². The quantitative estimate of drug-likeness (QED) is 0.926. The highest BCUT2D eigenvalue weighted by Gasteiger charge is 2.33. The molecule has 2 rings (SSSR count). The molecule has 5 nitrogen and oxygen atoms in total. The van der Waals surface area contributed by atoms with E-state index in [1.807, 2.05) is 0 Å². The van der Waals surface area contributed by atoms with Gasteiger partial charge in [-0.05, 0) is 43.5 Å². The van der Waals surface area contributed by atoms with Crippen molar-refractivity contribution in [3.8, 4) is 0 Å². The number of sulfonamides is 1. The Hall–Kier alpha value is -1.11. The predicted octanol–water partition coefficient (Wildman–Crippen LogP) is 2.13. The minimum Gasteiger partial charge on any atom is -0.481 e. The zero-order valence-electron chi connectivity index (χ0n) is 11.0. The van der Waals surface area contributed by atoms with Crippen LogP contribution in [0, 0.1) is 12.8 Å². The van der Waals surface area contributed by atoms with Gasteiger partial charge in [0, 0.05) is 18.1 Å². The van der Waals surface area contributed by atoms with E-state index in [1.165, 1.54) is 16.4 Å². The Balaban J connectivity index is 2.29. The smallest absolute Gasteiger partial charge is 0.307 e. The van der Waals surface area contributed by atoms with Gasteiger partial charge in [-0.25, -0.2) is 8.42 Å². The summed E-state index contributed by atoms with van der Waals surface area (Å²) < 4.78 is 26.3. The summed E-state index contributed by atoms with van der Waals surface area (Å²) in [4.78, 5) is 11.2. The molecule has 1 fully saturated rings. The number of halogens is 1. The van der Waals surface area contributed by atoms with E-state index in [9.17, 15) is 13.2 Å². The minimum atomic E-state index is -3.66. The molecule has 1 saturated heterocycles. The summed E-state index contributed by atoms with van der Waals surface area (Å²) >= 11 is 5.90. The number of rotatable bonds is 3. The summed E-state index contributed by atoms with van der Waals surface area (Å²) in [6, 6.07) is 4.51. The fourth-order valence-corrected chi connectivity index (χ4v) is 4.02. The maximum atomic E-state index is 12.5. The summed E-state index contributed by atoms with van der Waals surface area (Å²) in [5.74, 6) is -1.58. The van der Waals surface area contributed by atoms with Crippen molar-refractivity contribution in [1.29, 1.82) is 0 Å². The molecule has 110 valence electrons. The average Bonchev–Trinajstić information content (AvgIpc) is 2.42. The number of hydrogen-bond acceptors (Lipinski definition) is 3. The number of carboxylic acid groups (broad SMARTS) is 1. The van der Waals surface area contributed by atoms with E-state index in [4.69, 9.17) is 16.7 Å². The van der Waals surface area contributed by atoms with Crippen LogP contribution in [0.4, 0.5) is 0 Å². The van der Waals surface area contributed by atoms with Gasteiger partial charge in [-0.15, -0.1) is 0 Å². The van der Waals surface area contributed by atoms with Gasteiger partial charge in [0.05, 0.1) is 10.8 Å². The number of hydrogen-bond donors (Lipinski definition) is 1. The van der Waals surface area contributed by atoms with Gasteiger partial charge in [0.25, 0.3) is 0 Å². The summed E-state index contributed by atoms with van der Waals surface area (Å²) in [6.07, 6.45) is 1.07. The van der Waals surface area contributed by atoms with Crippen LogP contribution < -0.4 is 0 Å². The van der Waals surface area contributed by atoms with E-state index < -0.39 is 21.9 Å². The van der Waals surface area contributed by atoms with E-state index in [0.29, 0.717) is 30.0 Å². The number of aryl methyl sites for hydroxylation is 1. The zero-order valence-corrected chi connectivity index (χ0v) is 12.6. The van der Waals surface area contributed by atoms with Gasteiger partial charge in [0.2, 0.25) is 10.0 Å². The molecule has 0 spiro atoms. The molecule has 7 heteroatoms. The third-order valence-corrected chi connectivity index (χ3v) is 5.79. The van der Waals surface area contributed by atoms with Crippen LogP contribution in [0.15, 0.2) is 23.1 Å². The first-order valence-electron chi connectivity index (χ1n) is 6.31. The number of piperidine rings is 1. The van der Waals surface area contributed by atoms with Gasteiger partial charge in [-0.1, -0.05) is 11.6 Å². The second kappa shape index (κ2) is 5.71. The molecule has 1 atom stereocenters. The van der Waals surface area contributed by atoms with Crippen molar-refractivity contribution in [2.45, 2.75) is 24.7 Å².